The van der Waals surface area contributed by atoms with Crippen LogP contribution in [0.4, 0.5) is 0 Å². The number of rotatable bonds is 5. The number of amides is 1. The van der Waals surface area contributed by atoms with Crippen molar-refractivity contribution < 1.29 is 14.3 Å². The molecule has 2 aromatic carbocycles. The first-order valence-corrected chi connectivity index (χ1v) is 10.1. The zero-order chi connectivity index (χ0) is 20.2. The zero-order valence-electron chi connectivity index (χ0n) is 15.9. The number of nitrogens with one attached hydrogen (secondary N) is 1. The molecule has 29 heavy (non-hydrogen) atoms. The van der Waals surface area contributed by atoms with Gasteiger partial charge in [0.2, 0.25) is 0 Å². The maximum atomic E-state index is 12.6. The molecule has 1 N–H and O–H groups in total. The van der Waals surface area contributed by atoms with Crippen LogP contribution >= 0.6 is 11.6 Å². The van der Waals surface area contributed by atoms with Gasteiger partial charge in [0.15, 0.2) is 0 Å². The number of carbonyl (C=O) groups excluding carboxylic acids is 1. The van der Waals surface area contributed by atoms with Crippen molar-refractivity contribution in [3.63, 3.8) is 0 Å². The van der Waals surface area contributed by atoms with Crippen LogP contribution in [-0.4, -0.2) is 49.2 Å². The molecule has 1 amide bonds. The second-order valence-electron chi connectivity index (χ2n) is 7.31. The monoisotopic (exact) mass is 411 g/mol. The van der Waals surface area contributed by atoms with Crippen LogP contribution in [0.5, 0.6) is 11.5 Å². The fourth-order valence-corrected chi connectivity index (χ4v) is 4.05. The van der Waals surface area contributed by atoms with Gasteiger partial charge in [0.25, 0.3) is 5.91 Å². The largest absolute Gasteiger partial charge is 0.456 e. The maximum absolute atomic E-state index is 12.6. The average Bonchev–Trinajstić information content (AvgIpc) is 3.20. The Labute approximate surface area is 175 Å². The van der Waals surface area contributed by atoms with E-state index in [1.807, 2.05) is 6.07 Å². The lowest BCUT2D eigenvalue weighted by Gasteiger charge is -2.35. The van der Waals surface area contributed by atoms with Crippen molar-refractivity contribution >= 4 is 17.5 Å². The summed E-state index contributed by atoms with van der Waals surface area (Å²) in [5.74, 6) is 0.632. The van der Waals surface area contributed by atoms with Crippen LogP contribution < -0.4 is 10.1 Å². The van der Waals surface area contributed by atoms with Crippen molar-refractivity contribution in [3.8, 4) is 17.6 Å². The van der Waals surface area contributed by atoms with Gasteiger partial charge in [0.1, 0.15) is 23.1 Å². The van der Waals surface area contributed by atoms with E-state index >= 15 is 0 Å². The van der Waals surface area contributed by atoms with E-state index in [1.54, 1.807) is 42.5 Å². The Kier molecular flexibility index (Phi) is 6.00. The van der Waals surface area contributed by atoms with Crippen molar-refractivity contribution in [3.05, 3.63) is 58.6 Å². The van der Waals surface area contributed by atoms with E-state index in [0.29, 0.717) is 34.7 Å². The van der Waals surface area contributed by atoms with E-state index in [4.69, 9.17) is 21.1 Å². The highest BCUT2D eigenvalue weighted by atomic mass is 35.5. The average molecular weight is 412 g/mol. The van der Waals surface area contributed by atoms with E-state index in [-0.39, 0.29) is 17.6 Å². The van der Waals surface area contributed by atoms with E-state index in [1.165, 1.54) is 12.8 Å². The first-order chi connectivity index (χ1) is 14.1. The molecule has 0 saturated carbocycles. The predicted molar refractivity (Wildman–Crippen MR) is 109 cm³/mol. The molecule has 2 aromatic rings. The molecule has 2 unspecified atom stereocenters. The minimum Gasteiger partial charge on any atom is -0.456 e. The van der Waals surface area contributed by atoms with Crippen LogP contribution in [0.15, 0.2) is 42.5 Å². The van der Waals surface area contributed by atoms with Gasteiger partial charge < -0.3 is 14.8 Å². The van der Waals surface area contributed by atoms with Gasteiger partial charge in [-0.15, -0.1) is 0 Å². The topological polar surface area (TPSA) is 74.6 Å². The van der Waals surface area contributed by atoms with Gasteiger partial charge in [-0.3, -0.25) is 9.69 Å². The van der Waals surface area contributed by atoms with Crippen LogP contribution in [-0.2, 0) is 4.74 Å². The van der Waals surface area contributed by atoms with Crippen LogP contribution in [0.2, 0.25) is 5.02 Å². The number of carbonyl (C=O) groups is 1. The first kappa shape index (κ1) is 19.7. The third kappa shape index (κ3) is 4.54. The Bertz CT molecular complexity index is 943. The summed E-state index contributed by atoms with van der Waals surface area (Å²) in [7, 11) is 0. The Morgan fingerprint density at radius 1 is 1.34 bits per heavy atom. The summed E-state index contributed by atoms with van der Waals surface area (Å²) in [4.78, 5) is 15.0. The number of ether oxygens (including phenoxy) is 2. The minimum atomic E-state index is -0.186. The number of hydrogen-bond donors (Lipinski definition) is 1. The molecular formula is C22H22ClN3O3. The number of halogens is 1. The fourth-order valence-electron chi connectivity index (χ4n) is 3.84. The Balaban J connectivity index is 1.38. The molecule has 4 rings (SSSR count). The standard InChI is InChI=1S/C22H22ClN3O3/c23-20-7-2-8-21(19(20)11-24)29-17-6-1-4-15(10-17)22(27)25-12-18-13-26-9-3-5-16(26)14-28-18/h1-2,4,6-8,10,16,18H,3,5,9,12-14H2,(H,25,27). The Hall–Kier alpha value is -2.59. The summed E-state index contributed by atoms with van der Waals surface area (Å²) in [5.41, 5.74) is 0.747. The summed E-state index contributed by atoms with van der Waals surface area (Å²) in [6, 6.07) is 14.4. The number of nitrogens with zero attached hydrogens (tertiary/aromatic N) is 2. The van der Waals surface area contributed by atoms with Crippen molar-refractivity contribution in [2.75, 3.05) is 26.2 Å². The summed E-state index contributed by atoms with van der Waals surface area (Å²) >= 11 is 6.04. The number of benzene rings is 2. The molecule has 0 radical (unpaired) electrons. The second-order valence-corrected chi connectivity index (χ2v) is 7.72. The minimum absolute atomic E-state index is 0.0115. The summed E-state index contributed by atoms with van der Waals surface area (Å²) in [6.45, 7) is 3.19. The highest BCUT2D eigenvalue weighted by Gasteiger charge is 2.32. The van der Waals surface area contributed by atoms with E-state index < -0.39 is 0 Å². The molecule has 2 fully saturated rings. The number of hydrogen-bond acceptors (Lipinski definition) is 5. The van der Waals surface area contributed by atoms with E-state index in [2.05, 4.69) is 10.2 Å². The van der Waals surface area contributed by atoms with Crippen molar-refractivity contribution in [2.45, 2.75) is 25.0 Å². The molecule has 2 heterocycles. The van der Waals surface area contributed by atoms with Crippen molar-refractivity contribution in [1.29, 1.82) is 5.26 Å². The number of morpholine rings is 1. The number of fused-ring (bicyclic) bond motifs is 1. The van der Waals surface area contributed by atoms with Gasteiger partial charge in [-0.25, -0.2) is 0 Å². The van der Waals surface area contributed by atoms with Crippen LogP contribution in [0, 0.1) is 11.3 Å². The lowest BCUT2D eigenvalue weighted by molar-refractivity contribution is -0.0461. The fraction of sp³-hybridized carbons (Fsp3) is 0.364. The highest BCUT2D eigenvalue weighted by molar-refractivity contribution is 6.31. The quantitative estimate of drug-likeness (QED) is 0.813. The molecule has 0 spiro atoms. The van der Waals surface area contributed by atoms with Crippen molar-refractivity contribution in [2.24, 2.45) is 0 Å². The van der Waals surface area contributed by atoms with Gasteiger partial charge in [0, 0.05) is 24.7 Å². The molecule has 0 bridgehead atoms. The molecule has 2 saturated heterocycles. The van der Waals surface area contributed by atoms with Gasteiger partial charge in [0.05, 0.1) is 17.7 Å². The maximum Gasteiger partial charge on any atom is 0.251 e. The highest BCUT2D eigenvalue weighted by Crippen LogP contribution is 2.30. The molecule has 0 aromatic heterocycles. The SMILES string of the molecule is N#Cc1c(Cl)cccc1Oc1cccc(C(=O)NCC2CN3CCCC3CO2)c1. The predicted octanol–water partition coefficient (Wildman–Crippen LogP) is 3.60. The summed E-state index contributed by atoms with van der Waals surface area (Å²) < 4.78 is 11.7. The molecule has 2 atom stereocenters. The lowest BCUT2D eigenvalue weighted by Crippen LogP contribution is -2.50. The van der Waals surface area contributed by atoms with Crippen LogP contribution in [0.1, 0.15) is 28.8 Å². The molecular weight excluding hydrogens is 390 g/mol. The van der Waals surface area contributed by atoms with Crippen LogP contribution in [0.25, 0.3) is 0 Å². The van der Waals surface area contributed by atoms with Gasteiger partial charge in [-0.2, -0.15) is 5.26 Å². The molecule has 2 aliphatic rings. The molecule has 2 aliphatic heterocycles. The van der Waals surface area contributed by atoms with Gasteiger partial charge in [-0.1, -0.05) is 23.7 Å². The summed E-state index contributed by atoms with van der Waals surface area (Å²) in [6.07, 6.45) is 2.43. The molecule has 0 aliphatic carbocycles. The van der Waals surface area contributed by atoms with Gasteiger partial charge >= 0.3 is 0 Å². The normalized spacial score (nSPS) is 21.2. The first-order valence-electron chi connectivity index (χ1n) is 9.74. The summed E-state index contributed by atoms with van der Waals surface area (Å²) in [5, 5.41) is 12.6. The third-order valence-corrected chi connectivity index (χ3v) is 5.68. The molecule has 150 valence electrons. The van der Waals surface area contributed by atoms with E-state index in [0.717, 1.165) is 19.7 Å². The second kappa shape index (κ2) is 8.83. The third-order valence-electron chi connectivity index (χ3n) is 5.36. The van der Waals surface area contributed by atoms with E-state index in [9.17, 15) is 10.1 Å². The van der Waals surface area contributed by atoms with Crippen molar-refractivity contribution in [1.82, 2.24) is 10.2 Å². The lowest BCUT2D eigenvalue weighted by atomic mass is 10.1. The molecule has 7 heteroatoms. The number of nitriles is 1. The Morgan fingerprint density at radius 3 is 3.07 bits per heavy atom. The van der Waals surface area contributed by atoms with Gasteiger partial charge in [-0.05, 0) is 49.7 Å². The van der Waals surface area contributed by atoms with Crippen LogP contribution in [0.3, 0.4) is 0 Å². The smallest absolute Gasteiger partial charge is 0.251 e. The zero-order valence-corrected chi connectivity index (χ0v) is 16.7. The molecule has 6 nitrogen and oxygen atoms in total. The Morgan fingerprint density at radius 2 is 2.21 bits per heavy atom.